The standard InChI is InChI=1S/C25H28N4O3/c1-18(21-9-5-6-10-23(21)32-17-19-7-3-2-4-8-19)27-24(30)25(31)29-15-12-20(13-16-29)22-11-14-26-28-22/h2-11,14,18,20H,12-13,15-17H2,1H3,(H,26,28)(H,27,30)/t18-/m1/s1. The van der Waals surface area contributed by atoms with Crippen LogP contribution in [-0.4, -0.2) is 40.0 Å². The summed E-state index contributed by atoms with van der Waals surface area (Å²) in [5, 5.41) is 9.84. The molecule has 2 N–H and O–H groups in total. The average Bonchev–Trinajstić information content (AvgIpc) is 3.38. The molecule has 1 fully saturated rings. The van der Waals surface area contributed by atoms with Crippen LogP contribution in [-0.2, 0) is 16.2 Å². The Morgan fingerprint density at radius 2 is 1.81 bits per heavy atom. The molecule has 0 radical (unpaired) electrons. The van der Waals surface area contributed by atoms with Crippen molar-refractivity contribution in [1.82, 2.24) is 20.4 Å². The number of H-pyrrole nitrogens is 1. The summed E-state index contributed by atoms with van der Waals surface area (Å²) in [4.78, 5) is 27.0. The number of benzene rings is 2. The van der Waals surface area contributed by atoms with Gasteiger partial charge in [-0.1, -0.05) is 48.5 Å². The molecule has 1 saturated heterocycles. The van der Waals surface area contributed by atoms with E-state index in [1.807, 2.05) is 67.6 Å². The fraction of sp³-hybridized carbons (Fsp3) is 0.320. The Bertz CT molecular complexity index is 1030. The molecule has 1 aliphatic rings. The molecule has 0 unspecified atom stereocenters. The molecule has 1 atom stereocenters. The second-order valence-electron chi connectivity index (χ2n) is 8.09. The van der Waals surface area contributed by atoms with Crippen molar-refractivity contribution >= 4 is 11.8 Å². The van der Waals surface area contributed by atoms with Crippen LogP contribution in [0.2, 0.25) is 0 Å². The quantitative estimate of drug-likeness (QED) is 0.583. The molecule has 0 saturated carbocycles. The van der Waals surface area contributed by atoms with Crippen molar-refractivity contribution in [3.05, 3.63) is 83.7 Å². The molecule has 4 rings (SSSR count). The monoisotopic (exact) mass is 432 g/mol. The second kappa shape index (κ2) is 10.1. The van der Waals surface area contributed by atoms with Gasteiger partial charge < -0.3 is 15.0 Å². The van der Waals surface area contributed by atoms with Gasteiger partial charge in [0.2, 0.25) is 0 Å². The third-order valence-electron chi connectivity index (χ3n) is 5.91. The summed E-state index contributed by atoms with van der Waals surface area (Å²) in [7, 11) is 0. The van der Waals surface area contributed by atoms with Crippen LogP contribution in [0.3, 0.4) is 0 Å². The highest BCUT2D eigenvalue weighted by Crippen LogP contribution is 2.27. The molecular formula is C25H28N4O3. The van der Waals surface area contributed by atoms with Crippen molar-refractivity contribution in [3.63, 3.8) is 0 Å². The first-order valence-electron chi connectivity index (χ1n) is 11.0. The van der Waals surface area contributed by atoms with Gasteiger partial charge >= 0.3 is 11.8 Å². The van der Waals surface area contributed by atoms with Crippen LogP contribution in [0.5, 0.6) is 5.75 Å². The van der Waals surface area contributed by atoms with Gasteiger partial charge in [-0.2, -0.15) is 5.10 Å². The topological polar surface area (TPSA) is 87.3 Å². The molecule has 1 aliphatic heterocycles. The average molecular weight is 433 g/mol. The highest BCUT2D eigenvalue weighted by molar-refractivity contribution is 6.35. The lowest BCUT2D eigenvalue weighted by molar-refractivity contribution is -0.146. The third-order valence-corrected chi connectivity index (χ3v) is 5.91. The number of para-hydroxylation sites is 1. The molecular weight excluding hydrogens is 404 g/mol. The Balaban J connectivity index is 1.33. The van der Waals surface area contributed by atoms with Crippen LogP contribution < -0.4 is 10.1 Å². The van der Waals surface area contributed by atoms with E-state index >= 15 is 0 Å². The number of aromatic nitrogens is 2. The number of aromatic amines is 1. The Morgan fingerprint density at radius 3 is 2.53 bits per heavy atom. The Hall–Kier alpha value is -3.61. The Labute approximate surface area is 187 Å². The van der Waals surface area contributed by atoms with Gasteiger partial charge in [0.1, 0.15) is 12.4 Å². The lowest BCUT2D eigenvalue weighted by Crippen LogP contribution is -2.46. The van der Waals surface area contributed by atoms with E-state index in [0.29, 0.717) is 31.4 Å². The number of rotatable bonds is 6. The van der Waals surface area contributed by atoms with Crippen molar-refractivity contribution in [3.8, 4) is 5.75 Å². The van der Waals surface area contributed by atoms with Crippen molar-refractivity contribution in [1.29, 1.82) is 0 Å². The first-order valence-corrected chi connectivity index (χ1v) is 11.0. The number of nitrogens with one attached hydrogen (secondary N) is 2. The number of ether oxygens (including phenoxy) is 1. The molecule has 2 amide bonds. The normalized spacial score (nSPS) is 15.2. The summed E-state index contributed by atoms with van der Waals surface area (Å²) < 4.78 is 6.00. The number of hydrogen-bond acceptors (Lipinski definition) is 4. The lowest BCUT2D eigenvalue weighted by Gasteiger charge is -2.31. The van der Waals surface area contributed by atoms with Gasteiger partial charge in [-0.3, -0.25) is 14.7 Å². The first-order chi connectivity index (χ1) is 15.6. The van der Waals surface area contributed by atoms with Gasteiger partial charge in [-0.25, -0.2) is 0 Å². The van der Waals surface area contributed by atoms with E-state index in [9.17, 15) is 9.59 Å². The number of amides is 2. The second-order valence-corrected chi connectivity index (χ2v) is 8.09. The predicted octanol–water partition coefficient (Wildman–Crippen LogP) is 3.57. The van der Waals surface area contributed by atoms with E-state index in [4.69, 9.17) is 4.74 Å². The van der Waals surface area contributed by atoms with Crippen molar-refractivity contribution in [2.24, 2.45) is 0 Å². The smallest absolute Gasteiger partial charge is 0.311 e. The van der Waals surface area contributed by atoms with Crippen LogP contribution in [0.4, 0.5) is 0 Å². The summed E-state index contributed by atoms with van der Waals surface area (Å²) in [6.45, 7) is 3.41. The minimum atomic E-state index is -0.588. The summed E-state index contributed by atoms with van der Waals surface area (Å²) >= 11 is 0. The van der Waals surface area contributed by atoms with E-state index in [1.165, 1.54) is 0 Å². The maximum absolute atomic E-state index is 12.7. The molecule has 1 aromatic heterocycles. The molecule has 32 heavy (non-hydrogen) atoms. The van der Waals surface area contributed by atoms with Crippen LogP contribution in [0.25, 0.3) is 0 Å². The SMILES string of the molecule is C[C@@H](NC(=O)C(=O)N1CCC(c2ccn[nH]2)CC1)c1ccccc1OCc1ccccc1. The summed E-state index contributed by atoms with van der Waals surface area (Å²) in [6, 6.07) is 19.1. The van der Waals surface area contributed by atoms with Crippen LogP contribution in [0, 0.1) is 0 Å². The number of nitrogens with zero attached hydrogens (tertiary/aromatic N) is 2. The Morgan fingerprint density at radius 1 is 1.09 bits per heavy atom. The highest BCUT2D eigenvalue weighted by Gasteiger charge is 2.29. The number of carbonyl (C=O) groups is 2. The molecule has 3 aromatic rings. The molecule has 0 aliphatic carbocycles. The minimum absolute atomic E-state index is 0.345. The number of carbonyl (C=O) groups excluding carboxylic acids is 2. The van der Waals surface area contributed by atoms with Gasteiger partial charge in [-0.15, -0.1) is 0 Å². The zero-order valence-corrected chi connectivity index (χ0v) is 18.2. The maximum atomic E-state index is 12.7. The van der Waals surface area contributed by atoms with E-state index in [-0.39, 0.29) is 6.04 Å². The van der Waals surface area contributed by atoms with Crippen molar-refractivity contribution < 1.29 is 14.3 Å². The van der Waals surface area contributed by atoms with Gasteiger partial charge in [-0.05, 0) is 37.5 Å². The van der Waals surface area contributed by atoms with E-state index in [2.05, 4.69) is 15.5 Å². The van der Waals surface area contributed by atoms with E-state index < -0.39 is 11.8 Å². The molecule has 2 heterocycles. The highest BCUT2D eigenvalue weighted by atomic mass is 16.5. The largest absolute Gasteiger partial charge is 0.489 e. The summed E-state index contributed by atoms with van der Waals surface area (Å²) in [6.07, 6.45) is 3.36. The third kappa shape index (κ3) is 5.17. The van der Waals surface area contributed by atoms with Gasteiger partial charge in [0, 0.05) is 36.5 Å². The fourth-order valence-corrected chi connectivity index (χ4v) is 4.07. The van der Waals surface area contributed by atoms with Gasteiger partial charge in [0.15, 0.2) is 0 Å². The molecule has 7 nitrogen and oxygen atoms in total. The molecule has 0 spiro atoms. The van der Waals surface area contributed by atoms with E-state index in [1.54, 1.807) is 11.1 Å². The lowest BCUT2D eigenvalue weighted by atomic mass is 9.93. The van der Waals surface area contributed by atoms with Crippen molar-refractivity contribution in [2.75, 3.05) is 13.1 Å². The van der Waals surface area contributed by atoms with Gasteiger partial charge in [0.05, 0.1) is 6.04 Å². The molecule has 166 valence electrons. The number of likely N-dealkylation sites (tertiary alicyclic amines) is 1. The predicted molar refractivity (Wildman–Crippen MR) is 121 cm³/mol. The van der Waals surface area contributed by atoms with E-state index in [0.717, 1.165) is 29.7 Å². The zero-order chi connectivity index (χ0) is 22.3. The Kier molecular flexibility index (Phi) is 6.84. The summed E-state index contributed by atoms with van der Waals surface area (Å²) in [5.41, 5.74) is 2.98. The first kappa shape index (κ1) is 21.6. The zero-order valence-electron chi connectivity index (χ0n) is 18.2. The fourth-order valence-electron chi connectivity index (χ4n) is 4.07. The van der Waals surface area contributed by atoms with Crippen LogP contribution in [0.1, 0.15) is 48.5 Å². The van der Waals surface area contributed by atoms with Crippen LogP contribution >= 0.6 is 0 Å². The molecule has 0 bridgehead atoms. The van der Waals surface area contributed by atoms with Gasteiger partial charge in [0.25, 0.3) is 0 Å². The minimum Gasteiger partial charge on any atom is -0.489 e. The maximum Gasteiger partial charge on any atom is 0.311 e. The molecule has 7 heteroatoms. The number of hydrogen-bond donors (Lipinski definition) is 2. The number of piperidine rings is 1. The molecule has 2 aromatic carbocycles. The summed E-state index contributed by atoms with van der Waals surface area (Å²) in [5.74, 6) is -0.0351. The van der Waals surface area contributed by atoms with Crippen LogP contribution in [0.15, 0.2) is 66.9 Å². The van der Waals surface area contributed by atoms with Crippen molar-refractivity contribution in [2.45, 2.75) is 38.3 Å².